The summed E-state index contributed by atoms with van der Waals surface area (Å²) in [6.07, 6.45) is 25.5. The number of allylic oxidation sites excluding steroid dienone is 2. The Morgan fingerprint density at radius 3 is 1.29 bits per heavy atom. The van der Waals surface area contributed by atoms with Crippen molar-refractivity contribution in [1.82, 2.24) is 0 Å². The first-order valence-electron chi connectivity index (χ1n) is 32.7. The van der Waals surface area contributed by atoms with Crippen molar-refractivity contribution < 1.29 is 46.4 Å². The van der Waals surface area contributed by atoms with E-state index in [0.29, 0.717) is 77.1 Å². The standard InChI is InChI=1S/C33H52O3.C30H48O3.C4H6O3.2CH4/c1-21(2)24-12-16-33(19-34)18-17-31(7)25(28(24)33)9-10-27-29(5)14-11-22(3)30(6,20-36-23(4)35)26(29)13-15-32(27,31)8;1-19(2)20-9-14-30(18-32)16-15-28(5)21(25(20)30)7-8-23-26(3)12-11-24(33)27(4,17-31)22(26)10-13-29(23,28)6;1-3(5)7-4(2)6;;/h19,22,24-28H,1,9-18,20H2,2-8H3;18,20-25,31,33H,1,7-17H2,2-6H3;1-2H3;2*1H4/t22-,24-,25?,26?,27?,28?,29-,30+,31+,32+,33+;20-,21?,22?,23?,24-,25?,26-,27-,28+,29+,30+;;;/m00.../s1/i;;;2*1D. The Morgan fingerprint density at radius 1 is 0.526 bits per heavy atom. The summed E-state index contributed by atoms with van der Waals surface area (Å²) < 4.78 is 21.2. The SMILES string of the molecule is C=C(C)[C@@H]1CC[C@]2(C=O)CC[C@]3(C)C(CCC4[C@@]5(C)CC[C@H](C)[C@@](C)(COC(C)=O)C5CC[C@]43C)C12.C=C(C)[C@@H]1CC[C@]2(C=O)CC[C@]3(C)C(CCC4[C@@]5(C)CC[C@H](O)[C@@](C)(CO)C5CC[C@]43C)C12.CC(=O)OC(C)=O.[2H]C.[2H]C. The van der Waals surface area contributed by atoms with Crippen LogP contribution in [0.2, 0.25) is 0 Å². The molecule has 0 spiro atoms. The smallest absolute Gasteiger partial charge is 0.310 e. The van der Waals surface area contributed by atoms with Crippen molar-refractivity contribution in [2.45, 2.75) is 246 Å². The molecule has 0 aromatic carbocycles. The van der Waals surface area contributed by atoms with E-state index in [1.165, 1.54) is 123 Å². The molecule has 10 rings (SSSR count). The molecule has 9 heteroatoms. The number of rotatable bonds is 7. The molecule has 0 aromatic rings. The Labute approximate surface area is 478 Å². The number of carbonyl (C=O) groups excluding carboxylic acids is 5. The highest BCUT2D eigenvalue weighted by atomic mass is 16.6. The highest BCUT2D eigenvalue weighted by molar-refractivity contribution is 5.82. The number of hydrogen-bond donors (Lipinski definition) is 2. The lowest BCUT2D eigenvalue weighted by atomic mass is 9.32. The molecule has 10 aliphatic carbocycles. The molecule has 0 radical (unpaired) electrons. The van der Waals surface area contributed by atoms with Crippen LogP contribution in [0.5, 0.6) is 0 Å². The molecule has 8 unspecified atom stereocenters. The maximum absolute atomic E-state index is 12.7. The van der Waals surface area contributed by atoms with Crippen molar-refractivity contribution in [2.75, 3.05) is 13.2 Å². The fourth-order valence-corrected chi connectivity index (χ4v) is 23.5. The van der Waals surface area contributed by atoms with E-state index in [2.05, 4.69) is 94.1 Å². The van der Waals surface area contributed by atoms with Gasteiger partial charge < -0.3 is 29.3 Å². The number of aldehydes is 2. The molecule has 2 N–H and O–H groups in total. The highest BCUT2D eigenvalue weighted by Crippen LogP contribution is 2.80. The van der Waals surface area contributed by atoms with Crippen LogP contribution in [0, 0.1) is 119 Å². The first-order chi connectivity index (χ1) is 37.3. The lowest BCUT2D eigenvalue weighted by Crippen LogP contribution is -2.67. The van der Waals surface area contributed by atoms with Gasteiger partial charge in [0.1, 0.15) is 12.6 Å². The van der Waals surface area contributed by atoms with Gasteiger partial charge in [-0.05, 0) is 240 Å². The minimum atomic E-state index is -0.562. The van der Waals surface area contributed by atoms with E-state index < -0.39 is 18.0 Å². The molecular weight excluding hydrogens is 973 g/mol. The lowest BCUT2D eigenvalue weighted by molar-refractivity contribution is -0.252. The van der Waals surface area contributed by atoms with Gasteiger partial charge in [0.05, 0.1) is 19.3 Å². The number of esters is 3. The maximum atomic E-state index is 12.7. The van der Waals surface area contributed by atoms with Crippen LogP contribution in [0.3, 0.4) is 0 Å². The van der Waals surface area contributed by atoms with Gasteiger partial charge in [0.2, 0.25) is 0 Å². The zero-order valence-electron chi connectivity index (χ0n) is 54.3. The molecular formula is C69H114O9. The first-order valence-corrected chi connectivity index (χ1v) is 30.7. The summed E-state index contributed by atoms with van der Waals surface area (Å²) in [5.74, 6) is 4.77. The Balaban J connectivity index is 0.000000219. The molecule has 10 fully saturated rings. The molecule has 10 saturated carbocycles. The van der Waals surface area contributed by atoms with Gasteiger partial charge in [-0.2, -0.15) is 0 Å². The van der Waals surface area contributed by atoms with Crippen LogP contribution in [0.1, 0.15) is 243 Å². The molecule has 0 saturated heterocycles. The van der Waals surface area contributed by atoms with E-state index in [1.807, 2.05) is 0 Å². The highest BCUT2D eigenvalue weighted by Gasteiger charge is 2.73. The molecule has 0 aromatic heterocycles. The minimum Gasteiger partial charge on any atom is -0.465 e. The number of hydrogen-bond acceptors (Lipinski definition) is 9. The van der Waals surface area contributed by atoms with Gasteiger partial charge in [-0.3, -0.25) is 14.4 Å². The quantitative estimate of drug-likeness (QED) is 0.110. The summed E-state index contributed by atoms with van der Waals surface area (Å²) in [4.78, 5) is 56.7. The normalized spacial score (nSPS) is 50.2. The number of aliphatic hydroxyl groups is 2. The number of carbonyl (C=O) groups is 5. The van der Waals surface area contributed by atoms with Crippen molar-refractivity contribution >= 4 is 30.5 Å². The van der Waals surface area contributed by atoms with Crippen molar-refractivity contribution in [3.8, 4) is 0 Å². The summed E-state index contributed by atoms with van der Waals surface area (Å²) in [6, 6.07) is 0. The Kier molecular flexibility index (Phi) is 17.5. The summed E-state index contributed by atoms with van der Waals surface area (Å²) >= 11 is 0. The monoisotopic (exact) mass is 1090 g/mol. The van der Waals surface area contributed by atoms with E-state index in [4.69, 9.17) is 7.48 Å². The van der Waals surface area contributed by atoms with Gasteiger partial charge >= 0.3 is 17.9 Å². The molecule has 9 nitrogen and oxygen atoms in total. The van der Waals surface area contributed by atoms with Crippen LogP contribution in [0.25, 0.3) is 0 Å². The molecule has 0 amide bonds. The number of fused-ring (bicyclic) bond motifs is 14. The fourth-order valence-electron chi connectivity index (χ4n) is 23.5. The average molecular weight is 1090 g/mol. The predicted octanol–water partition coefficient (Wildman–Crippen LogP) is 15.6. The summed E-state index contributed by atoms with van der Waals surface area (Å²) in [6.45, 7) is 40.4. The van der Waals surface area contributed by atoms with Crippen molar-refractivity contribution in [3.05, 3.63) is 24.3 Å². The van der Waals surface area contributed by atoms with Crippen molar-refractivity contribution in [1.29, 1.82) is 0 Å². The lowest BCUT2D eigenvalue weighted by Gasteiger charge is -2.73. The topological polar surface area (TPSA) is 144 Å². The molecule has 444 valence electrons. The van der Waals surface area contributed by atoms with Crippen molar-refractivity contribution in [2.24, 2.45) is 119 Å². The average Bonchev–Trinajstić information content (AvgIpc) is 4.01. The van der Waals surface area contributed by atoms with Gasteiger partial charge in [0.25, 0.3) is 0 Å². The van der Waals surface area contributed by atoms with Crippen LogP contribution < -0.4 is 0 Å². The molecule has 10 aliphatic rings. The van der Waals surface area contributed by atoms with E-state index in [9.17, 15) is 34.2 Å². The van der Waals surface area contributed by atoms with Gasteiger partial charge in [0, 0.05) is 45.2 Å². The fraction of sp³-hybridized carbons (Fsp3) is 0.870. The zero-order valence-corrected chi connectivity index (χ0v) is 52.3. The zero-order chi connectivity index (χ0) is 60.2. The number of aliphatic hydroxyl groups excluding tert-OH is 2. The number of ether oxygens (including phenoxy) is 2. The molecule has 0 bridgehead atoms. The Morgan fingerprint density at radius 2 is 0.936 bits per heavy atom. The third-order valence-corrected chi connectivity index (χ3v) is 28.0. The van der Waals surface area contributed by atoms with E-state index in [1.54, 1.807) is 6.92 Å². The van der Waals surface area contributed by atoms with E-state index >= 15 is 0 Å². The van der Waals surface area contributed by atoms with Gasteiger partial charge in [-0.1, -0.05) is 101 Å². The Bertz CT molecular complexity index is 2290. The molecule has 0 aliphatic heterocycles. The summed E-state index contributed by atoms with van der Waals surface area (Å²) in [7, 11) is 2.50. The molecule has 78 heavy (non-hydrogen) atoms. The van der Waals surface area contributed by atoms with Crippen LogP contribution in [0.4, 0.5) is 0 Å². The van der Waals surface area contributed by atoms with Crippen LogP contribution in [-0.2, 0) is 33.4 Å². The van der Waals surface area contributed by atoms with Crippen LogP contribution in [0.15, 0.2) is 24.3 Å². The molecule has 0 heterocycles. The first kappa shape index (κ1) is 61.4. The second-order valence-electron chi connectivity index (χ2n) is 30.6. The minimum absolute atomic E-state index is 0.0491. The van der Waals surface area contributed by atoms with Gasteiger partial charge in [-0.25, -0.2) is 0 Å². The van der Waals surface area contributed by atoms with Crippen molar-refractivity contribution in [3.63, 3.8) is 0 Å². The van der Waals surface area contributed by atoms with E-state index in [0.717, 1.165) is 57.8 Å². The summed E-state index contributed by atoms with van der Waals surface area (Å²) in [5, 5.41) is 21.3. The van der Waals surface area contributed by atoms with E-state index in [-0.39, 0.29) is 61.3 Å². The predicted molar refractivity (Wildman–Crippen MR) is 314 cm³/mol. The maximum Gasteiger partial charge on any atom is 0.310 e. The van der Waals surface area contributed by atoms with Gasteiger partial charge in [0.15, 0.2) is 0 Å². The third-order valence-electron chi connectivity index (χ3n) is 28.0. The van der Waals surface area contributed by atoms with Crippen LogP contribution >= 0.6 is 0 Å². The third kappa shape index (κ3) is 9.38. The molecule has 22 atom stereocenters. The van der Waals surface area contributed by atoms with Gasteiger partial charge in [-0.15, -0.1) is 0 Å². The largest absolute Gasteiger partial charge is 0.465 e. The second kappa shape index (κ2) is 22.2. The summed E-state index contributed by atoms with van der Waals surface area (Å²) in [5.41, 5.74) is 3.52. The van der Waals surface area contributed by atoms with Crippen LogP contribution in [-0.4, -0.2) is 60.0 Å². The second-order valence-corrected chi connectivity index (χ2v) is 30.6. The Hall–Kier alpha value is -2.65.